The maximum Gasteiger partial charge on any atom is 0.128 e. The van der Waals surface area contributed by atoms with Gasteiger partial charge >= 0.3 is 0 Å². The SMILES string of the molecule is COc1cc(Cc2cccc(O)c2)c2c(c1)[C@@H](O)[C@H]([C@@H]1COc3ccc(OC)cc3[C@@H]1O)CO2. The topological polar surface area (TPSA) is 97.6 Å². The minimum absolute atomic E-state index is 0.193. The number of aliphatic hydroxyl groups excluding tert-OH is 2. The summed E-state index contributed by atoms with van der Waals surface area (Å²) < 4.78 is 22.9. The van der Waals surface area contributed by atoms with E-state index in [0.29, 0.717) is 40.5 Å². The molecule has 0 saturated heterocycles. The van der Waals surface area contributed by atoms with Gasteiger partial charge in [-0.1, -0.05) is 12.1 Å². The summed E-state index contributed by atoms with van der Waals surface area (Å²) in [5.74, 6) is 1.90. The highest BCUT2D eigenvalue weighted by molar-refractivity contribution is 5.52. The first-order valence-corrected chi connectivity index (χ1v) is 11.3. The van der Waals surface area contributed by atoms with Crippen molar-refractivity contribution in [1.82, 2.24) is 0 Å². The van der Waals surface area contributed by atoms with E-state index in [0.717, 1.165) is 11.1 Å². The van der Waals surface area contributed by atoms with Gasteiger partial charge in [0.2, 0.25) is 0 Å². The Morgan fingerprint density at radius 3 is 2.26 bits per heavy atom. The van der Waals surface area contributed by atoms with E-state index in [4.69, 9.17) is 18.9 Å². The normalized spacial score (nSPS) is 23.2. The Kier molecular flexibility index (Phi) is 5.98. The number of phenols is 1. The first-order valence-electron chi connectivity index (χ1n) is 11.3. The van der Waals surface area contributed by atoms with Crippen LogP contribution in [0.15, 0.2) is 54.6 Å². The van der Waals surface area contributed by atoms with Crippen molar-refractivity contribution in [3.63, 3.8) is 0 Å². The van der Waals surface area contributed by atoms with Crippen molar-refractivity contribution in [2.75, 3.05) is 27.4 Å². The fraction of sp³-hybridized carbons (Fsp3) is 0.333. The molecule has 7 nitrogen and oxygen atoms in total. The second kappa shape index (κ2) is 9.08. The van der Waals surface area contributed by atoms with E-state index in [1.54, 1.807) is 56.7 Å². The highest BCUT2D eigenvalue weighted by atomic mass is 16.5. The number of benzene rings is 3. The van der Waals surface area contributed by atoms with E-state index in [2.05, 4.69) is 0 Å². The predicted octanol–water partition coefficient (Wildman–Crippen LogP) is 3.78. The molecule has 3 aromatic rings. The van der Waals surface area contributed by atoms with Gasteiger partial charge in [0.15, 0.2) is 0 Å². The largest absolute Gasteiger partial charge is 0.508 e. The van der Waals surface area contributed by atoms with Crippen molar-refractivity contribution < 1.29 is 34.3 Å². The second-order valence-corrected chi connectivity index (χ2v) is 8.79. The number of ether oxygens (including phenoxy) is 4. The molecule has 3 aromatic carbocycles. The number of methoxy groups -OCH3 is 2. The van der Waals surface area contributed by atoms with Gasteiger partial charge in [0.25, 0.3) is 0 Å². The summed E-state index contributed by atoms with van der Waals surface area (Å²) in [5, 5.41) is 32.5. The Labute approximate surface area is 198 Å². The van der Waals surface area contributed by atoms with Gasteiger partial charge in [-0.25, -0.2) is 0 Å². The van der Waals surface area contributed by atoms with Crippen LogP contribution in [0, 0.1) is 11.8 Å². The molecule has 0 aromatic heterocycles. The molecule has 0 bridgehead atoms. The summed E-state index contributed by atoms with van der Waals surface area (Å²) in [7, 11) is 3.16. The first kappa shape index (κ1) is 22.4. The molecule has 0 radical (unpaired) electrons. The average molecular weight is 465 g/mol. The van der Waals surface area contributed by atoms with Crippen LogP contribution in [0.1, 0.15) is 34.5 Å². The van der Waals surface area contributed by atoms with Crippen LogP contribution in [-0.4, -0.2) is 42.8 Å². The highest BCUT2D eigenvalue weighted by Crippen LogP contribution is 2.48. The number of phenolic OH excluding ortho intramolecular Hbond substituents is 1. The van der Waals surface area contributed by atoms with Gasteiger partial charge in [0.05, 0.1) is 39.6 Å². The van der Waals surface area contributed by atoms with Crippen LogP contribution >= 0.6 is 0 Å². The van der Waals surface area contributed by atoms with Gasteiger partial charge in [0.1, 0.15) is 28.7 Å². The van der Waals surface area contributed by atoms with E-state index in [1.165, 1.54) is 0 Å². The van der Waals surface area contributed by atoms with Crippen LogP contribution < -0.4 is 18.9 Å². The Bertz CT molecular complexity index is 1190. The van der Waals surface area contributed by atoms with Crippen molar-refractivity contribution in [3.8, 4) is 28.7 Å². The number of aliphatic hydroxyl groups is 2. The van der Waals surface area contributed by atoms with Crippen LogP contribution in [-0.2, 0) is 6.42 Å². The fourth-order valence-electron chi connectivity index (χ4n) is 4.96. The number of aromatic hydroxyl groups is 1. The number of rotatable bonds is 5. The molecular formula is C27H28O7. The summed E-state index contributed by atoms with van der Waals surface area (Å²) in [4.78, 5) is 0. The van der Waals surface area contributed by atoms with Crippen LogP contribution in [0.25, 0.3) is 0 Å². The third-order valence-electron chi connectivity index (χ3n) is 6.78. The third-order valence-corrected chi connectivity index (χ3v) is 6.78. The van der Waals surface area contributed by atoms with E-state index in [1.807, 2.05) is 12.1 Å². The summed E-state index contributed by atoms with van der Waals surface area (Å²) >= 11 is 0. The molecule has 0 fully saturated rings. The van der Waals surface area contributed by atoms with Crippen LogP contribution in [0.5, 0.6) is 28.7 Å². The zero-order valence-electron chi connectivity index (χ0n) is 19.1. The van der Waals surface area contributed by atoms with Crippen molar-refractivity contribution >= 4 is 0 Å². The van der Waals surface area contributed by atoms with Gasteiger partial charge in [-0.15, -0.1) is 0 Å². The molecule has 2 aliphatic rings. The van der Waals surface area contributed by atoms with Crippen molar-refractivity contribution in [3.05, 3.63) is 76.9 Å². The van der Waals surface area contributed by atoms with Gasteiger partial charge in [0, 0.05) is 34.9 Å². The molecular weight excluding hydrogens is 436 g/mol. The standard InChI is InChI=1S/C27H28O7/c1-31-18-6-7-24-20(11-18)25(29)22(13-33-24)23-14-34-27-16(8-15-4-3-5-17(28)9-15)10-19(32-2)12-21(27)26(23)30/h3-7,9-12,22-23,25-26,28-30H,8,13-14H2,1-2H3/t22-,23-,25-,26+/m0/s1. The second-order valence-electron chi connectivity index (χ2n) is 8.79. The highest BCUT2D eigenvalue weighted by Gasteiger charge is 2.43. The Morgan fingerprint density at radius 2 is 1.53 bits per heavy atom. The van der Waals surface area contributed by atoms with E-state index < -0.39 is 12.2 Å². The smallest absolute Gasteiger partial charge is 0.128 e. The molecule has 0 aliphatic carbocycles. The van der Waals surface area contributed by atoms with E-state index in [9.17, 15) is 15.3 Å². The molecule has 2 aliphatic heterocycles. The van der Waals surface area contributed by atoms with E-state index >= 15 is 0 Å². The number of hydrogen-bond acceptors (Lipinski definition) is 7. The lowest BCUT2D eigenvalue weighted by molar-refractivity contribution is -0.0554. The van der Waals surface area contributed by atoms with Gasteiger partial charge in [-0.3, -0.25) is 0 Å². The monoisotopic (exact) mass is 464 g/mol. The maximum atomic E-state index is 11.4. The van der Waals surface area contributed by atoms with Gasteiger partial charge in [-0.2, -0.15) is 0 Å². The Morgan fingerprint density at radius 1 is 0.824 bits per heavy atom. The van der Waals surface area contributed by atoms with Crippen molar-refractivity contribution in [2.24, 2.45) is 11.8 Å². The molecule has 178 valence electrons. The first-order chi connectivity index (χ1) is 16.5. The molecule has 7 heteroatoms. The molecule has 5 rings (SSSR count). The van der Waals surface area contributed by atoms with Crippen LogP contribution in [0.3, 0.4) is 0 Å². The van der Waals surface area contributed by atoms with Crippen LogP contribution in [0.2, 0.25) is 0 Å². The lowest BCUT2D eigenvalue weighted by Gasteiger charge is -2.40. The van der Waals surface area contributed by atoms with Crippen molar-refractivity contribution in [1.29, 1.82) is 0 Å². The fourth-order valence-corrected chi connectivity index (χ4v) is 4.96. The van der Waals surface area contributed by atoms with Crippen LogP contribution in [0.4, 0.5) is 0 Å². The molecule has 0 amide bonds. The lowest BCUT2D eigenvalue weighted by Crippen LogP contribution is -2.40. The number of fused-ring (bicyclic) bond motifs is 2. The van der Waals surface area contributed by atoms with E-state index in [-0.39, 0.29) is 30.8 Å². The minimum atomic E-state index is -0.878. The third kappa shape index (κ3) is 4.02. The van der Waals surface area contributed by atoms with Gasteiger partial charge in [-0.05, 0) is 48.0 Å². The molecule has 0 spiro atoms. The molecule has 0 saturated carbocycles. The predicted molar refractivity (Wildman–Crippen MR) is 125 cm³/mol. The zero-order chi connectivity index (χ0) is 23.8. The van der Waals surface area contributed by atoms with Gasteiger partial charge < -0.3 is 34.3 Å². The summed E-state index contributed by atoms with van der Waals surface area (Å²) in [6.07, 6.45) is -1.20. The minimum Gasteiger partial charge on any atom is -0.508 e. The average Bonchev–Trinajstić information content (AvgIpc) is 2.85. The Balaban J connectivity index is 1.46. The molecule has 2 heterocycles. The zero-order valence-corrected chi connectivity index (χ0v) is 19.1. The quantitative estimate of drug-likeness (QED) is 0.529. The maximum absolute atomic E-state index is 11.4. The molecule has 34 heavy (non-hydrogen) atoms. The van der Waals surface area contributed by atoms with Crippen molar-refractivity contribution in [2.45, 2.75) is 18.6 Å². The summed E-state index contributed by atoms with van der Waals surface area (Å²) in [6.45, 7) is 0.499. The summed E-state index contributed by atoms with van der Waals surface area (Å²) in [5.41, 5.74) is 3.03. The number of hydrogen-bond donors (Lipinski definition) is 3. The molecule has 3 N–H and O–H groups in total. The molecule has 4 atom stereocenters. The lowest BCUT2D eigenvalue weighted by atomic mass is 9.77. The Hall–Kier alpha value is -3.42. The summed E-state index contributed by atoms with van der Waals surface area (Å²) in [6, 6.07) is 16.1. The molecule has 0 unspecified atom stereocenters.